The van der Waals surface area contributed by atoms with Crippen LogP contribution in [-0.2, 0) is 19.1 Å². The van der Waals surface area contributed by atoms with E-state index in [1.807, 2.05) is 24.8 Å². The van der Waals surface area contributed by atoms with E-state index in [0.717, 1.165) is 24.2 Å². The second-order valence-corrected chi connectivity index (χ2v) is 9.01. The predicted molar refractivity (Wildman–Crippen MR) is 141 cm³/mol. The number of benzene rings is 1. The van der Waals surface area contributed by atoms with Crippen molar-refractivity contribution in [1.29, 1.82) is 0 Å². The fourth-order valence-corrected chi connectivity index (χ4v) is 4.43. The molecular formula is C29H39NO6. The molecule has 0 atom stereocenters. The van der Waals surface area contributed by atoms with Crippen LogP contribution in [0.5, 0.6) is 11.5 Å². The van der Waals surface area contributed by atoms with E-state index in [4.69, 9.17) is 18.9 Å². The van der Waals surface area contributed by atoms with Gasteiger partial charge in [-0.15, -0.1) is 0 Å². The van der Waals surface area contributed by atoms with Gasteiger partial charge in [-0.3, -0.25) is 0 Å². The summed E-state index contributed by atoms with van der Waals surface area (Å²) in [5, 5.41) is 0. The standard InChI is InChI=1S/C29H39NO6/c1-18(2)11-10-12-19(3)15-16-30-20(4)25(28(31)35-8)27(26(21(30)5)29(32)36-9)22-13-14-23(33-6)24(17-22)34-7/h11,13-15,17,27H,10,12,16H2,1-9H3/b19-15+. The predicted octanol–water partition coefficient (Wildman–Crippen LogP) is 5.69. The lowest BCUT2D eigenvalue weighted by molar-refractivity contribution is -0.137. The van der Waals surface area contributed by atoms with Crippen LogP contribution in [0.4, 0.5) is 0 Å². The second-order valence-electron chi connectivity index (χ2n) is 9.01. The molecule has 0 saturated carbocycles. The number of hydrogen-bond acceptors (Lipinski definition) is 7. The molecule has 0 spiro atoms. The van der Waals surface area contributed by atoms with Crippen LogP contribution in [0.1, 0.15) is 58.9 Å². The number of ether oxygens (including phenoxy) is 4. The minimum Gasteiger partial charge on any atom is -0.493 e. The minimum absolute atomic E-state index is 0.381. The SMILES string of the molecule is COC(=O)C1=C(C)N(C/C=C(\C)CCC=C(C)C)C(C)=C(C(=O)OC)C1c1ccc(OC)c(OC)c1. The third kappa shape index (κ3) is 6.39. The molecular weight excluding hydrogens is 458 g/mol. The largest absolute Gasteiger partial charge is 0.493 e. The van der Waals surface area contributed by atoms with Gasteiger partial charge in [0.1, 0.15) is 0 Å². The monoisotopic (exact) mass is 497 g/mol. The third-order valence-corrected chi connectivity index (χ3v) is 6.43. The Balaban J connectivity index is 2.65. The quantitative estimate of drug-likeness (QED) is 0.304. The van der Waals surface area contributed by atoms with Crippen molar-refractivity contribution in [3.05, 3.63) is 69.6 Å². The summed E-state index contributed by atoms with van der Waals surface area (Å²) in [4.78, 5) is 28.2. The molecule has 0 amide bonds. The molecule has 1 aromatic carbocycles. The van der Waals surface area contributed by atoms with Gasteiger partial charge in [0.25, 0.3) is 0 Å². The van der Waals surface area contributed by atoms with Gasteiger partial charge in [-0.05, 0) is 65.2 Å². The first-order valence-electron chi connectivity index (χ1n) is 12.0. The van der Waals surface area contributed by atoms with E-state index in [1.165, 1.54) is 25.4 Å². The molecule has 1 aromatic rings. The Morgan fingerprint density at radius 1 is 0.861 bits per heavy atom. The minimum atomic E-state index is -0.691. The summed E-state index contributed by atoms with van der Waals surface area (Å²) in [6.45, 7) is 10.5. The van der Waals surface area contributed by atoms with Gasteiger partial charge in [-0.25, -0.2) is 9.59 Å². The van der Waals surface area contributed by atoms with Crippen molar-refractivity contribution in [1.82, 2.24) is 4.90 Å². The second kappa shape index (κ2) is 13.0. The number of carbonyl (C=O) groups is 2. The van der Waals surface area contributed by atoms with Crippen LogP contribution in [0.25, 0.3) is 0 Å². The molecule has 7 nitrogen and oxygen atoms in total. The Hall–Kier alpha value is -3.48. The van der Waals surface area contributed by atoms with Gasteiger partial charge in [0, 0.05) is 17.9 Å². The lowest BCUT2D eigenvalue weighted by Crippen LogP contribution is -2.35. The molecule has 0 aliphatic carbocycles. The first-order valence-corrected chi connectivity index (χ1v) is 12.0. The van der Waals surface area contributed by atoms with E-state index < -0.39 is 17.9 Å². The molecule has 7 heteroatoms. The maximum absolute atomic E-state index is 13.1. The molecule has 0 aromatic heterocycles. The van der Waals surface area contributed by atoms with Crippen molar-refractivity contribution in [3.63, 3.8) is 0 Å². The van der Waals surface area contributed by atoms with Crippen LogP contribution in [0.3, 0.4) is 0 Å². The Labute approximate surface area is 215 Å². The van der Waals surface area contributed by atoms with E-state index >= 15 is 0 Å². The van der Waals surface area contributed by atoms with Crippen molar-refractivity contribution in [3.8, 4) is 11.5 Å². The first kappa shape index (κ1) is 28.8. The van der Waals surface area contributed by atoms with Crippen LogP contribution in [0.15, 0.2) is 64.0 Å². The molecule has 0 fully saturated rings. The van der Waals surface area contributed by atoms with Gasteiger partial charge in [-0.2, -0.15) is 0 Å². The highest BCUT2D eigenvalue weighted by molar-refractivity contribution is 5.99. The van der Waals surface area contributed by atoms with Gasteiger partial charge in [-0.1, -0.05) is 29.4 Å². The zero-order valence-corrected chi connectivity index (χ0v) is 23.0. The Kier molecular flexibility index (Phi) is 10.4. The number of carbonyl (C=O) groups excluding carboxylic acids is 2. The summed E-state index contributed by atoms with van der Waals surface area (Å²) in [5.74, 6) is -0.654. The lowest BCUT2D eigenvalue weighted by Gasteiger charge is -2.37. The molecule has 1 aliphatic rings. The molecule has 0 N–H and O–H groups in total. The highest BCUT2D eigenvalue weighted by Crippen LogP contribution is 2.44. The lowest BCUT2D eigenvalue weighted by atomic mass is 9.79. The van der Waals surface area contributed by atoms with E-state index in [-0.39, 0.29) is 0 Å². The van der Waals surface area contributed by atoms with Crippen LogP contribution in [0, 0.1) is 0 Å². The molecule has 36 heavy (non-hydrogen) atoms. The Morgan fingerprint density at radius 2 is 1.42 bits per heavy atom. The van der Waals surface area contributed by atoms with Crippen LogP contribution < -0.4 is 9.47 Å². The highest BCUT2D eigenvalue weighted by Gasteiger charge is 2.40. The van der Waals surface area contributed by atoms with Gasteiger partial charge in [0.15, 0.2) is 11.5 Å². The average molecular weight is 498 g/mol. The summed E-state index contributed by atoms with van der Waals surface area (Å²) in [5.41, 5.74) is 5.43. The molecule has 2 rings (SSSR count). The van der Waals surface area contributed by atoms with Crippen LogP contribution in [0.2, 0.25) is 0 Å². The number of esters is 2. The smallest absolute Gasteiger partial charge is 0.336 e. The summed E-state index contributed by atoms with van der Waals surface area (Å²) in [6.07, 6.45) is 6.25. The number of nitrogens with zero attached hydrogens (tertiary/aromatic N) is 1. The first-order chi connectivity index (χ1) is 17.1. The maximum atomic E-state index is 13.1. The maximum Gasteiger partial charge on any atom is 0.336 e. The fraction of sp³-hybridized carbons (Fsp3) is 0.448. The summed E-state index contributed by atoms with van der Waals surface area (Å²) >= 11 is 0. The van der Waals surface area contributed by atoms with Crippen molar-refractivity contribution in [2.24, 2.45) is 0 Å². The van der Waals surface area contributed by atoms with Crippen molar-refractivity contribution >= 4 is 11.9 Å². The number of hydrogen-bond donors (Lipinski definition) is 0. The number of methoxy groups -OCH3 is 4. The Morgan fingerprint density at radius 3 is 1.89 bits per heavy atom. The molecule has 0 radical (unpaired) electrons. The van der Waals surface area contributed by atoms with Crippen molar-refractivity contribution in [2.75, 3.05) is 35.0 Å². The van der Waals surface area contributed by atoms with E-state index in [1.54, 1.807) is 26.4 Å². The highest BCUT2D eigenvalue weighted by atomic mass is 16.5. The van der Waals surface area contributed by atoms with Crippen LogP contribution >= 0.6 is 0 Å². The number of allylic oxidation sites excluding steroid dienone is 5. The molecule has 0 unspecified atom stereocenters. The topological polar surface area (TPSA) is 74.3 Å². The normalized spacial score (nSPS) is 14.6. The summed E-state index contributed by atoms with van der Waals surface area (Å²) < 4.78 is 21.2. The van der Waals surface area contributed by atoms with Crippen molar-refractivity contribution < 1.29 is 28.5 Å². The summed E-state index contributed by atoms with van der Waals surface area (Å²) in [7, 11) is 5.78. The summed E-state index contributed by atoms with van der Waals surface area (Å²) in [6, 6.07) is 5.36. The van der Waals surface area contributed by atoms with Gasteiger partial charge in [0.05, 0.1) is 45.5 Å². The van der Waals surface area contributed by atoms with Gasteiger partial charge in [0.2, 0.25) is 0 Å². The van der Waals surface area contributed by atoms with Crippen molar-refractivity contribution in [2.45, 2.75) is 53.4 Å². The van der Waals surface area contributed by atoms with E-state index in [2.05, 4.69) is 32.9 Å². The third-order valence-electron chi connectivity index (χ3n) is 6.43. The van der Waals surface area contributed by atoms with Gasteiger partial charge < -0.3 is 23.8 Å². The molecule has 196 valence electrons. The zero-order valence-electron chi connectivity index (χ0n) is 23.0. The Bertz CT molecular complexity index is 1060. The number of rotatable bonds is 10. The molecule has 1 heterocycles. The average Bonchev–Trinajstić information content (AvgIpc) is 2.86. The molecule has 1 aliphatic heterocycles. The molecule has 0 bridgehead atoms. The van der Waals surface area contributed by atoms with Gasteiger partial charge >= 0.3 is 11.9 Å². The zero-order chi connectivity index (χ0) is 27.0. The van der Waals surface area contributed by atoms with E-state index in [0.29, 0.717) is 34.8 Å². The fourth-order valence-electron chi connectivity index (χ4n) is 4.43. The van der Waals surface area contributed by atoms with Crippen LogP contribution in [-0.4, -0.2) is 51.8 Å². The van der Waals surface area contributed by atoms with E-state index in [9.17, 15) is 9.59 Å². The molecule has 0 saturated heterocycles.